The van der Waals surface area contributed by atoms with E-state index in [0.29, 0.717) is 11.3 Å². The molecule has 0 radical (unpaired) electrons. The third-order valence-electron chi connectivity index (χ3n) is 12.3. The smallest absolute Gasteiger partial charge is 0.255 e. The van der Waals surface area contributed by atoms with Gasteiger partial charge in [0.15, 0.2) is 0 Å². The summed E-state index contributed by atoms with van der Waals surface area (Å²) in [5.74, 6) is -7.63. The Bertz CT molecular complexity index is 2510. The number of nitrogens with zero attached hydrogens (tertiary/aromatic N) is 1. The van der Waals surface area contributed by atoms with Gasteiger partial charge in [0, 0.05) is 43.0 Å². The summed E-state index contributed by atoms with van der Waals surface area (Å²) in [6.45, 7) is 6.24. The lowest BCUT2D eigenvalue weighted by molar-refractivity contribution is -0.136. The number of benzene rings is 2. The van der Waals surface area contributed by atoms with Crippen molar-refractivity contribution in [3.8, 4) is 5.69 Å². The highest BCUT2D eigenvalue weighted by molar-refractivity contribution is 6.00. The number of carbonyl (C=O) groups excluding carboxylic acids is 9. The van der Waals surface area contributed by atoms with Crippen LogP contribution >= 0.6 is 0 Å². The van der Waals surface area contributed by atoms with Crippen LogP contribution < -0.4 is 76.3 Å². The standard InChI is InChI=1S/C52H76N14O10/c1-30(2)25-39-45(69)57-23-18-38(61-52(76)42(29-56)65-44(68)33-19-24-66(43(67)28-33)34-13-9-6-10-14-34)49(73)59-37(17-22-55)48(72)64-41(27-32-11-7-5-8-12-32)51(75)63-40(26-31(3)4)50(74)60-35(15-20-53)46(70)58-36(16-21-54)47(71)62-39/h5-14,19,24,28,30-31,35-42H,15-18,20-23,25-27,29,53-56H2,1-4H3,(H,57,69)(H,58,70)(H,59,73)(H,60,74)(H,61,76)(H,62,71)(H,63,75)(H,64,72)(H,65,68)/t35-,36-,37-,38-,39-,40-,41+,42+/m0/s1. The molecule has 414 valence electrons. The molecule has 4 rings (SSSR count). The van der Waals surface area contributed by atoms with E-state index in [-0.39, 0.29) is 88.5 Å². The van der Waals surface area contributed by atoms with Crippen LogP contribution in [0.1, 0.15) is 82.1 Å². The van der Waals surface area contributed by atoms with E-state index >= 15 is 0 Å². The largest absolute Gasteiger partial charge is 0.354 e. The first-order valence-corrected chi connectivity index (χ1v) is 25.6. The van der Waals surface area contributed by atoms with Crippen LogP contribution in [-0.4, -0.2) is 139 Å². The quantitative estimate of drug-likeness (QED) is 0.0612. The minimum Gasteiger partial charge on any atom is -0.354 e. The normalized spacial score (nSPS) is 22.2. The molecule has 17 N–H and O–H groups in total. The number of nitrogens with two attached hydrogens (primary N) is 4. The summed E-state index contributed by atoms with van der Waals surface area (Å²) < 4.78 is 1.32. The van der Waals surface area contributed by atoms with Gasteiger partial charge in [0.2, 0.25) is 47.3 Å². The van der Waals surface area contributed by atoms with Gasteiger partial charge in [-0.3, -0.25) is 52.5 Å². The zero-order valence-corrected chi connectivity index (χ0v) is 43.6. The number of hydrogen-bond acceptors (Lipinski definition) is 14. The fourth-order valence-electron chi connectivity index (χ4n) is 8.30. The number of rotatable bonds is 18. The average Bonchev–Trinajstić information content (AvgIpc) is 3.38. The maximum Gasteiger partial charge on any atom is 0.255 e. The Hall–Kier alpha value is -7.54. The molecule has 2 aromatic carbocycles. The molecule has 0 unspecified atom stereocenters. The number of pyridine rings is 1. The highest BCUT2D eigenvalue weighted by atomic mass is 16.2. The molecule has 3 aromatic rings. The summed E-state index contributed by atoms with van der Waals surface area (Å²) in [6, 6.07) is 9.08. The van der Waals surface area contributed by atoms with Crippen LogP contribution in [-0.2, 0) is 44.8 Å². The van der Waals surface area contributed by atoms with Gasteiger partial charge in [-0.15, -0.1) is 0 Å². The van der Waals surface area contributed by atoms with E-state index in [9.17, 15) is 47.9 Å². The van der Waals surface area contributed by atoms with Crippen molar-refractivity contribution in [1.82, 2.24) is 52.4 Å². The van der Waals surface area contributed by atoms with E-state index in [2.05, 4.69) is 47.9 Å². The molecule has 0 spiro atoms. The van der Waals surface area contributed by atoms with Crippen LogP contribution in [0.2, 0.25) is 0 Å². The number of amides is 9. The molecule has 1 aromatic heterocycles. The number of aromatic nitrogens is 1. The fourth-order valence-corrected chi connectivity index (χ4v) is 8.30. The van der Waals surface area contributed by atoms with E-state index in [1.165, 1.54) is 16.8 Å². The van der Waals surface area contributed by atoms with E-state index in [1.807, 2.05) is 27.7 Å². The van der Waals surface area contributed by atoms with Crippen molar-refractivity contribution in [2.24, 2.45) is 34.8 Å². The summed E-state index contributed by atoms with van der Waals surface area (Å²) >= 11 is 0. The molecule has 1 saturated heterocycles. The molecule has 24 heteroatoms. The second-order valence-electron chi connectivity index (χ2n) is 19.4. The molecule has 8 atom stereocenters. The average molecular weight is 1060 g/mol. The van der Waals surface area contributed by atoms with Crippen molar-refractivity contribution in [2.45, 2.75) is 121 Å². The lowest BCUT2D eigenvalue weighted by Gasteiger charge is -2.28. The first-order chi connectivity index (χ1) is 36.3. The number of hydrogen-bond donors (Lipinski definition) is 13. The second kappa shape index (κ2) is 30.7. The Morgan fingerprint density at radius 1 is 0.579 bits per heavy atom. The zero-order valence-electron chi connectivity index (χ0n) is 43.6. The molecule has 1 aliphatic heterocycles. The lowest BCUT2D eigenvalue weighted by atomic mass is 10.00. The lowest BCUT2D eigenvalue weighted by Crippen LogP contribution is -2.61. The highest BCUT2D eigenvalue weighted by Crippen LogP contribution is 2.12. The van der Waals surface area contributed by atoms with Crippen LogP contribution in [0.15, 0.2) is 83.8 Å². The van der Waals surface area contributed by atoms with E-state index in [4.69, 9.17) is 22.9 Å². The van der Waals surface area contributed by atoms with Gasteiger partial charge < -0.3 is 70.8 Å². The Balaban J connectivity index is 1.74. The molecule has 9 amide bonds. The summed E-state index contributed by atoms with van der Waals surface area (Å²) in [4.78, 5) is 139. The molecule has 0 saturated carbocycles. The highest BCUT2D eigenvalue weighted by Gasteiger charge is 2.35. The molecule has 0 bridgehead atoms. The van der Waals surface area contributed by atoms with Crippen LogP contribution in [0.25, 0.3) is 5.69 Å². The minimum absolute atomic E-state index is 0.0568. The van der Waals surface area contributed by atoms with Crippen molar-refractivity contribution in [3.63, 3.8) is 0 Å². The monoisotopic (exact) mass is 1060 g/mol. The topological polar surface area (TPSA) is 388 Å². The van der Waals surface area contributed by atoms with Gasteiger partial charge in [-0.1, -0.05) is 76.2 Å². The van der Waals surface area contributed by atoms with Gasteiger partial charge in [0.25, 0.3) is 11.5 Å². The van der Waals surface area contributed by atoms with Gasteiger partial charge >= 0.3 is 0 Å². The van der Waals surface area contributed by atoms with E-state index in [1.54, 1.807) is 60.7 Å². The molecular formula is C52H76N14O10. The van der Waals surface area contributed by atoms with Gasteiger partial charge in [-0.25, -0.2) is 0 Å². The first kappa shape index (κ1) is 61.0. The molecule has 2 heterocycles. The van der Waals surface area contributed by atoms with E-state index in [0.717, 1.165) is 6.07 Å². The predicted octanol–water partition coefficient (Wildman–Crippen LogP) is -2.81. The number of para-hydroxylation sites is 1. The summed E-state index contributed by atoms with van der Waals surface area (Å²) in [5, 5.41) is 23.8. The first-order valence-electron chi connectivity index (χ1n) is 25.6. The van der Waals surface area contributed by atoms with Gasteiger partial charge in [-0.05, 0) is 93.8 Å². The summed E-state index contributed by atoms with van der Waals surface area (Å²) in [5.41, 5.74) is 24.3. The molecule has 1 aliphatic rings. The Morgan fingerprint density at radius 2 is 1.03 bits per heavy atom. The van der Waals surface area contributed by atoms with Crippen LogP contribution in [0.5, 0.6) is 0 Å². The maximum atomic E-state index is 14.4. The Morgan fingerprint density at radius 3 is 1.51 bits per heavy atom. The predicted molar refractivity (Wildman–Crippen MR) is 284 cm³/mol. The van der Waals surface area contributed by atoms with Crippen molar-refractivity contribution in [1.29, 1.82) is 0 Å². The van der Waals surface area contributed by atoms with Gasteiger partial charge in [0.05, 0.1) is 0 Å². The van der Waals surface area contributed by atoms with Crippen molar-refractivity contribution >= 4 is 53.2 Å². The van der Waals surface area contributed by atoms with E-state index < -0.39 is 114 Å². The van der Waals surface area contributed by atoms with Crippen LogP contribution in [0.4, 0.5) is 0 Å². The second-order valence-corrected chi connectivity index (χ2v) is 19.4. The summed E-state index contributed by atoms with van der Waals surface area (Å²) in [6.07, 6.45) is 0.922. The molecule has 76 heavy (non-hydrogen) atoms. The van der Waals surface area contributed by atoms with Crippen molar-refractivity contribution in [3.05, 3.63) is 100 Å². The van der Waals surface area contributed by atoms with Crippen LogP contribution in [0, 0.1) is 11.8 Å². The third-order valence-corrected chi connectivity index (χ3v) is 12.3. The van der Waals surface area contributed by atoms with Crippen molar-refractivity contribution in [2.75, 3.05) is 32.7 Å². The van der Waals surface area contributed by atoms with Crippen LogP contribution in [0.3, 0.4) is 0 Å². The zero-order chi connectivity index (χ0) is 55.9. The minimum atomic E-state index is -1.54. The maximum absolute atomic E-state index is 14.4. The fraction of sp³-hybridized carbons (Fsp3) is 0.500. The molecule has 0 aliphatic carbocycles. The molecule has 1 fully saturated rings. The third kappa shape index (κ3) is 19.0. The van der Waals surface area contributed by atoms with Gasteiger partial charge in [-0.2, -0.15) is 0 Å². The number of nitrogens with one attached hydrogen (secondary N) is 9. The Labute approximate surface area is 442 Å². The number of carbonyl (C=O) groups is 9. The summed E-state index contributed by atoms with van der Waals surface area (Å²) in [7, 11) is 0. The molecule has 24 nitrogen and oxygen atoms in total. The van der Waals surface area contributed by atoms with Crippen molar-refractivity contribution < 1.29 is 43.2 Å². The SMILES string of the molecule is CC(C)C[C@@H]1NC(=O)[C@H](CCN)NC(=O)[C@H](CCN)NC(=O)[C@H](CC(C)C)NC(=O)[C@@H](Cc2ccccc2)NC(=O)[C@H](CCN)NC(=O)[C@@H](NC(=O)[C@@H](CN)NC(=O)c2ccn(-c3ccccc3)c(=O)c2)CCNC1=O. The Kier molecular flexibility index (Phi) is 24.7. The van der Waals surface area contributed by atoms with Gasteiger partial charge in [0.1, 0.15) is 48.3 Å². The molecular weight excluding hydrogens is 981 g/mol.